The number of rotatable bonds is 4. The lowest BCUT2D eigenvalue weighted by molar-refractivity contribution is -0.384. The molecule has 0 N–H and O–H groups in total. The fourth-order valence-corrected chi connectivity index (χ4v) is 4.37. The molecule has 8 heteroatoms. The Morgan fingerprint density at radius 3 is 2.50 bits per heavy atom. The number of nitro groups is 1. The molecule has 1 aromatic heterocycles. The van der Waals surface area contributed by atoms with E-state index in [1.54, 1.807) is 6.07 Å². The van der Waals surface area contributed by atoms with E-state index in [0.29, 0.717) is 10.5 Å². The van der Waals surface area contributed by atoms with Gasteiger partial charge in [-0.05, 0) is 18.6 Å². The average Bonchev–Trinajstić information content (AvgIpc) is 2.70. The van der Waals surface area contributed by atoms with Crippen molar-refractivity contribution >= 4 is 32.2 Å². The van der Waals surface area contributed by atoms with Gasteiger partial charge in [0.25, 0.3) is 11.2 Å². The Bertz CT molecular complexity index is 1070. The highest BCUT2D eigenvalue weighted by atomic mass is 32.1. The average molecular weight is 396 g/mol. The van der Waals surface area contributed by atoms with Crippen molar-refractivity contribution in [3.05, 3.63) is 74.1 Å². The Morgan fingerprint density at radius 1 is 1.11 bits per heavy atom. The summed E-state index contributed by atoms with van der Waals surface area (Å²) < 4.78 is 0.725. The molecule has 0 amide bonds. The van der Waals surface area contributed by atoms with Gasteiger partial charge in [-0.15, -0.1) is 0 Å². The van der Waals surface area contributed by atoms with Crippen molar-refractivity contribution in [2.45, 2.75) is 13.5 Å². The number of aromatic nitrogens is 1. The fourth-order valence-electron chi connectivity index (χ4n) is 3.34. The van der Waals surface area contributed by atoms with Gasteiger partial charge in [0, 0.05) is 49.6 Å². The van der Waals surface area contributed by atoms with E-state index in [0.717, 1.165) is 37.4 Å². The molecule has 0 radical (unpaired) electrons. The number of piperazine rings is 1. The van der Waals surface area contributed by atoms with Crippen molar-refractivity contribution in [1.82, 2.24) is 9.88 Å². The highest BCUT2D eigenvalue weighted by Crippen LogP contribution is 2.27. The summed E-state index contributed by atoms with van der Waals surface area (Å²) in [4.78, 5) is 31.5. The van der Waals surface area contributed by atoms with Crippen LogP contribution in [0.25, 0.3) is 10.1 Å². The molecule has 2 aromatic carbocycles. The summed E-state index contributed by atoms with van der Waals surface area (Å²) in [6, 6.07) is 13.0. The summed E-state index contributed by atoms with van der Waals surface area (Å²) in [5.41, 5.74) is 2.07. The summed E-state index contributed by atoms with van der Waals surface area (Å²) in [6.45, 7) is 6.39. The first-order valence-corrected chi connectivity index (χ1v) is 9.93. The molecule has 144 valence electrons. The molecule has 1 saturated heterocycles. The van der Waals surface area contributed by atoms with Gasteiger partial charge in [0.15, 0.2) is 5.13 Å². The SMILES string of the molecule is Cc1ccc(CN2CCN(c3nc(=O)c4cc([N+](=O)[O-])ccc4s3)CC2)cc1. The summed E-state index contributed by atoms with van der Waals surface area (Å²) in [7, 11) is 0. The Labute approximate surface area is 166 Å². The lowest BCUT2D eigenvalue weighted by atomic mass is 10.1. The van der Waals surface area contributed by atoms with Gasteiger partial charge in [-0.25, -0.2) is 0 Å². The Kier molecular flexibility index (Phi) is 5.06. The smallest absolute Gasteiger partial charge is 0.281 e. The van der Waals surface area contributed by atoms with Crippen LogP contribution >= 0.6 is 11.3 Å². The second kappa shape index (κ2) is 7.65. The van der Waals surface area contributed by atoms with E-state index in [2.05, 4.69) is 46.0 Å². The monoisotopic (exact) mass is 396 g/mol. The molecule has 0 unspecified atom stereocenters. The maximum Gasteiger partial charge on any atom is 0.281 e. The first-order valence-electron chi connectivity index (χ1n) is 9.12. The number of anilines is 1. The molecule has 1 aliphatic rings. The molecule has 3 aromatic rings. The molecule has 1 fully saturated rings. The number of non-ortho nitro benzene ring substituents is 1. The zero-order chi connectivity index (χ0) is 19.7. The van der Waals surface area contributed by atoms with Gasteiger partial charge in [0.05, 0.1) is 10.3 Å². The molecule has 0 spiro atoms. The minimum atomic E-state index is -0.495. The largest absolute Gasteiger partial charge is 0.345 e. The molecule has 0 bridgehead atoms. The third kappa shape index (κ3) is 3.88. The van der Waals surface area contributed by atoms with E-state index in [1.807, 2.05) is 0 Å². The number of hydrogen-bond donors (Lipinski definition) is 0. The third-order valence-electron chi connectivity index (χ3n) is 4.97. The molecule has 4 rings (SSSR count). The zero-order valence-electron chi connectivity index (χ0n) is 15.5. The normalized spacial score (nSPS) is 15.1. The van der Waals surface area contributed by atoms with Crippen LogP contribution in [0.2, 0.25) is 0 Å². The minimum Gasteiger partial charge on any atom is -0.345 e. The second-order valence-corrected chi connectivity index (χ2v) is 8.00. The zero-order valence-corrected chi connectivity index (χ0v) is 16.3. The predicted octanol–water partition coefficient (Wildman–Crippen LogP) is 3.20. The van der Waals surface area contributed by atoms with Crippen molar-refractivity contribution in [1.29, 1.82) is 0 Å². The number of fused-ring (bicyclic) bond motifs is 1. The molecule has 2 heterocycles. The molecule has 0 atom stereocenters. The summed E-state index contributed by atoms with van der Waals surface area (Å²) in [5, 5.41) is 11.9. The van der Waals surface area contributed by atoms with Crippen LogP contribution < -0.4 is 10.5 Å². The van der Waals surface area contributed by atoms with Crippen LogP contribution in [0.15, 0.2) is 47.3 Å². The molecular formula is C20H20N4O3S. The number of nitrogens with zero attached hydrogens (tertiary/aromatic N) is 4. The molecule has 0 aliphatic carbocycles. The highest BCUT2D eigenvalue weighted by molar-refractivity contribution is 7.21. The number of benzene rings is 2. The first-order chi connectivity index (χ1) is 13.5. The highest BCUT2D eigenvalue weighted by Gasteiger charge is 2.20. The van der Waals surface area contributed by atoms with Gasteiger partial charge >= 0.3 is 0 Å². The van der Waals surface area contributed by atoms with Crippen molar-refractivity contribution in [2.75, 3.05) is 31.1 Å². The van der Waals surface area contributed by atoms with Crippen LogP contribution in [0.1, 0.15) is 11.1 Å². The lowest BCUT2D eigenvalue weighted by Crippen LogP contribution is -2.46. The number of aryl methyl sites for hydroxylation is 1. The quantitative estimate of drug-likeness (QED) is 0.498. The van der Waals surface area contributed by atoms with E-state index >= 15 is 0 Å². The van der Waals surface area contributed by atoms with Crippen molar-refractivity contribution in [3.8, 4) is 0 Å². The predicted molar refractivity (Wildman–Crippen MR) is 111 cm³/mol. The van der Waals surface area contributed by atoms with Crippen LogP contribution in [0.3, 0.4) is 0 Å². The summed E-state index contributed by atoms with van der Waals surface area (Å²) in [5.74, 6) is 0. The lowest BCUT2D eigenvalue weighted by Gasteiger charge is -2.35. The molecule has 28 heavy (non-hydrogen) atoms. The Hall–Kier alpha value is -2.84. The van der Waals surface area contributed by atoms with E-state index in [-0.39, 0.29) is 5.69 Å². The van der Waals surface area contributed by atoms with Crippen LogP contribution in [0, 0.1) is 17.0 Å². The van der Waals surface area contributed by atoms with Crippen molar-refractivity contribution in [3.63, 3.8) is 0 Å². The topological polar surface area (TPSA) is 79.6 Å². The van der Waals surface area contributed by atoms with Gasteiger partial charge in [0.2, 0.25) is 0 Å². The molecule has 0 saturated carbocycles. The Morgan fingerprint density at radius 2 is 1.82 bits per heavy atom. The number of nitro benzene ring substituents is 1. The van der Waals surface area contributed by atoms with E-state index in [4.69, 9.17) is 0 Å². The van der Waals surface area contributed by atoms with Crippen molar-refractivity contribution in [2.24, 2.45) is 0 Å². The third-order valence-corrected chi connectivity index (χ3v) is 6.08. The minimum absolute atomic E-state index is 0.0870. The van der Waals surface area contributed by atoms with Crippen LogP contribution in [0.4, 0.5) is 10.8 Å². The molecule has 1 aliphatic heterocycles. The second-order valence-electron chi connectivity index (χ2n) is 6.99. The molecular weight excluding hydrogens is 376 g/mol. The van der Waals surface area contributed by atoms with E-state index < -0.39 is 10.5 Å². The summed E-state index contributed by atoms with van der Waals surface area (Å²) >= 11 is 1.41. The maximum atomic E-state index is 12.4. The number of hydrogen-bond acceptors (Lipinski definition) is 7. The molecule has 7 nitrogen and oxygen atoms in total. The summed E-state index contributed by atoms with van der Waals surface area (Å²) in [6.07, 6.45) is 0. The van der Waals surface area contributed by atoms with Crippen LogP contribution in [0.5, 0.6) is 0 Å². The first kappa shape index (κ1) is 18.5. The van der Waals surface area contributed by atoms with E-state index in [1.165, 1.54) is 34.6 Å². The van der Waals surface area contributed by atoms with Gasteiger partial charge in [0.1, 0.15) is 0 Å². The van der Waals surface area contributed by atoms with Gasteiger partial charge < -0.3 is 4.90 Å². The van der Waals surface area contributed by atoms with E-state index in [9.17, 15) is 14.9 Å². The van der Waals surface area contributed by atoms with Crippen molar-refractivity contribution < 1.29 is 4.92 Å². The fraction of sp³-hybridized carbons (Fsp3) is 0.300. The van der Waals surface area contributed by atoms with Gasteiger partial charge in [-0.3, -0.25) is 19.8 Å². The van der Waals surface area contributed by atoms with Crippen LogP contribution in [-0.4, -0.2) is 41.0 Å². The van der Waals surface area contributed by atoms with Crippen LogP contribution in [-0.2, 0) is 6.54 Å². The maximum absolute atomic E-state index is 12.4. The Balaban J connectivity index is 1.47. The van der Waals surface area contributed by atoms with Gasteiger partial charge in [-0.2, -0.15) is 4.98 Å². The standard InChI is InChI=1S/C20H20N4O3S/c1-14-2-4-15(5-3-14)13-22-8-10-23(11-9-22)20-21-19(25)17-12-16(24(26)27)6-7-18(17)28-20/h2-7,12H,8-11,13H2,1H3. The van der Waals surface area contributed by atoms with Gasteiger partial charge in [-0.1, -0.05) is 41.2 Å².